The van der Waals surface area contributed by atoms with E-state index in [1.807, 2.05) is 0 Å². The van der Waals surface area contributed by atoms with Crippen LogP contribution in [-0.2, 0) is 12.5 Å². The number of aromatic amines is 1. The zero-order valence-electron chi connectivity index (χ0n) is 21.0. The Hall–Kier alpha value is -4.41. The van der Waals surface area contributed by atoms with Crippen molar-refractivity contribution in [3.05, 3.63) is 84.2 Å². The number of rotatable bonds is 8. The number of halogens is 6. The number of ether oxygens (including phenoxy) is 1. The maximum absolute atomic E-state index is 14.4. The van der Waals surface area contributed by atoms with Gasteiger partial charge in [0.15, 0.2) is 5.69 Å². The highest BCUT2D eigenvalue weighted by atomic mass is 19.3. The first-order valence-electron chi connectivity index (χ1n) is 11.2. The van der Waals surface area contributed by atoms with Gasteiger partial charge in [0.2, 0.25) is 5.75 Å². The molecule has 2 aromatic heterocycles. The molecule has 8 nitrogen and oxygen atoms in total. The summed E-state index contributed by atoms with van der Waals surface area (Å²) >= 11 is 0. The summed E-state index contributed by atoms with van der Waals surface area (Å²) in [5.41, 5.74) is -4.04. The molecule has 0 saturated carbocycles. The Kier molecular flexibility index (Phi) is 8.33. The fourth-order valence-corrected chi connectivity index (χ4v) is 3.51. The predicted octanol–water partition coefficient (Wildman–Crippen LogP) is 5.37. The highest BCUT2D eigenvalue weighted by Crippen LogP contribution is 2.39. The molecule has 1 aromatic carbocycles. The molecule has 3 rings (SSSR count). The van der Waals surface area contributed by atoms with Crippen LogP contribution >= 0.6 is 0 Å². The number of hydrogen-bond donors (Lipinski definition) is 1. The first-order valence-corrected chi connectivity index (χ1v) is 11.2. The number of hydrogen-bond acceptors (Lipinski definition) is 6. The number of H-pyrrole nitrogens is 1. The number of aryl methyl sites for hydroxylation is 1. The van der Waals surface area contributed by atoms with Crippen molar-refractivity contribution >= 4 is 6.08 Å². The molecule has 3 aromatic rings. The summed E-state index contributed by atoms with van der Waals surface area (Å²) in [6, 6.07) is 3.17. The van der Waals surface area contributed by atoms with E-state index in [0.29, 0.717) is 17.0 Å². The van der Waals surface area contributed by atoms with Crippen LogP contribution < -0.4 is 15.9 Å². The van der Waals surface area contributed by atoms with Crippen molar-refractivity contribution in [3.8, 4) is 17.6 Å². The monoisotopic (exact) mass is 553 g/mol. The number of alkyl halides is 6. The van der Waals surface area contributed by atoms with Gasteiger partial charge in [-0.05, 0) is 45.9 Å². The maximum atomic E-state index is 14.4. The molecule has 1 N–H and O–H groups in total. The van der Waals surface area contributed by atoms with E-state index in [-0.39, 0.29) is 28.2 Å². The Morgan fingerprint density at radius 2 is 1.87 bits per heavy atom. The second-order valence-corrected chi connectivity index (χ2v) is 8.72. The smallest absolute Gasteiger partial charge is 0.352 e. The molecular formula is C25H21F6N5O3. The summed E-state index contributed by atoms with van der Waals surface area (Å²) in [5, 5.41) is 9.26. The summed E-state index contributed by atoms with van der Waals surface area (Å²) in [6.45, 7) is 5.66. The van der Waals surface area contributed by atoms with E-state index in [0.717, 1.165) is 11.6 Å². The molecule has 14 heteroatoms. The van der Waals surface area contributed by atoms with Crippen LogP contribution in [0.3, 0.4) is 0 Å². The molecule has 0 radical (unpaired) electrons. The third-order valence-electron chi connectivity index (χ3n) is 5.55. The van der Waals surface area contributed by atoms with Gasteiger partial charge in [0.1, 0.15) is 11.6 Å². The molecule has 0 bridgehead atoms. The number of nitrogens with zero attached hydrogens (tertiary/aromatic N) is 4. The van der Waals surface area contributed by atoms with Gasteiger partial charge in [0.05, 0.1) is 35.8 Å². The summed E-state index contributed by atoms with van der Waals surface area (Å²) in [7, 11) is 0. The van der Waals surface area contributed by atoms with E-state index >= 15 is 0 Å². The van der Waals surface area contributed by atoms with Crippen LogP contribution in [0.1, 0.15) is 59.7 Å². The van der Waals surface area contributed by atoms with Crippen LogP contribution in [0.25, 0.3) is 6.08 Å². The van der Waals surface area contributed by atoms with E-state index in [1.165, 1.54) is 13.8 Å². The van der Waals surface area contributed by atoms with E-state index in [9.17, 15) is 41.2 Å². The van der Waals surface area contributed by atoms with Crippen LogP contribution in [0.5, 0.6) is 11.5 Å². The molecule has 0 aliphatic heterocycles. The minimum absolute atomic E-state index is 0.0632. The van der Waals surface area contributed by atoms with Crippen molar-refractivity contribution < 1.29 is 31.1 Å². The standard InChI is InChI=1S/C25H21F6N5O3/c1-11(2)5-18-34-13(4)16(22(37)35-18)9-36-10-33-20(25(30,31)24(28)29)19(23(36)38)39-17-7-14(21(26)27)6-15(8-32)12(17)3/h5-7,10,21,24H,9H2,1-4H3,(H,34,35,37). The van der Waals surface area contributed by atoms with Gasteiger partial charge < -0.3 is 9.72 Å². The fourth-order valence-electron chi connectivity index (χ4n) is 3.51. The van der Waals surface area contributed by atoms with Gasteiger partial charge in [0, 0.05) is 11.1 Å². The van der Waals surface area contributed by atoms with Crippen LogP contribution in [0.2, 0.25) is 0 Å². The van der Waals surface area contributed by atoms with Crippen molar-refractivity contribution in [3.63, 3.8) is 0 Å². The van der Waals surface area contributed by atoms with Gasteiger partial charge in [-0.2, -0.15) is 14.0 Å². The third-order valence-corrected chi connectivity index (χ3v) is 5.55. The quantitative estimate of drug-likeness (QED) is 0.375. The van der Waals surface area contributed by atoms with Crippen molar-refractivity contribution in [1.82, 2.24) is 19.5 Å². The summed E-state index contributed by atoms with van der Waals surface area (Å²) in [6.07, 6.45) is -5.29. The molecular weight excluding hydrogens is 532 g/mol. The normalized spacial score (nSPS) is 11.6. The first kappa shape index (κ1) is 29.2. The summed E-state index contributed by atoms with van der Waals surface area (Å²) in [4.78, 5) is 35.9. The Balaban J connectivity index is 2.22. The predicted molar refractivity (Wildman–Crippen MR) is 127 cm³/mol. The number of nitrogens with one attached hydrogen (secondary N) is 1. The molecule has 0 aliphatic carbocycles. The molecule has 39 heavy (non-hydrogen) atoms. The van der Waals surface area contributed by atoms with Crippen molar-refractivity contribution in [2.45, 2.75) is 53.0 Å². The van der Waals surface area contributed by atoms with Gasteiger partial charge in [-0.25, -0.2) is 27.5 Å². The van der Waals surface area contributed by atoms with Gasteiger partial charge in [0.25, 0.3) is 17.5 Å². The van der Waals surface area contributed by atoms with Crippen molar-refractivity contribution in [2.24, 2.45) is 0 Å². The first-order chi connectivity index (χ1) is 18.2. The van der Waals surface area contributed by atoms with Gasteiger partial charge >= 0.3 is 12.3 Å². The molecule has 0 fully saturated rings. The average molecular weight is 553 g/mol. The van der Waals surface area contributed by atoms with E-state index < -0.39 is 59.2 Å². The molecule has 0 spiro atoms. The fraction of sp³-hybridized carbons (Fsp3) is 0.320. The number of benzene rings is 1. The number of allylic oxidation sites excluding steroid dienone is 1. The zero-order chi connectivity index (χ0) is 29.2. The highest BCUT2D eigenvalue weighted by molar-refractivity contribution is 5.51. The summed E-state index contributed by atoms with van der Waals surface area (Å²) < 4.78 is 88.0. The van der Waals surface area contributed by atoms with E-state index in [4.69, 9.17) is 4.74 Å². The van der Waals surface area contributed by atoms with E-state index in [2.05, 4.69) is 15.0 Å². The lowest BCUT2D eigenvalue weighted by atomic mass is 10.0. The van der Waals surface area contributed by atoms with Crippen LogP contribution in [0.15, 0.2) is 33.6 Å². The molecule has 0 amide bonds. The second-order valence-electron chi connectivity index (χ2n) is 8.72. The number of nitriles is 1. The van der Waals surface area contributed by atoms with Crippen LogP contribution in [-0.4, -0.2) is 25.9 Å². The molecule has 0 atom stereocenters. The largest absolute Gasteiger partial charge is 0.449 e. The Morgan fingerprint density at radius 3 is 2.41 bits per heavy atom. The molecule has 0 aliphatic rings. The van der Waals surface area contributed by atoms with Gasteiger partial charge in [-0.1, -0.05) is 5.57 Å². The molecule has 2 heterocycles. The lowest BCUT2D eigenvalue weighted by molar-refractivity contribution is -0.139. The Labute approximate surface area is 217 Å². The van der Waals surface area contributed by atoms with Crippen molar-refractivity contribution in [2.75, 3.05) is 0 Å². The Morgan fingerprint density at radius 1 is 1.21 bits per heavy atom. The average Bonchev–Trinajstić information content (AvgIpc) is 2.83. The lowest BCUT2D eigenvalue weighted by Gasteiger charge is -2.20. The molecule has 206 valence electrons. The minimum atomic E-state index is -4.97. The highest BCUT2D eigenvalue weighted by Gasteiger charge is 2.48. The zero-order valence-corrected chi connectivity index (χ0v) is 21.0. The minimum Gasteiger partial charge on any atom is -0.449 e. The van der Waals surface area contributed by atoms with Crippen LogP contribution in [0, 0.1) is 25.2 Å². The lowest BCUT2D eigenvalue weighted by Crippen LogP contribution is -2.33. The van der Waals surface area contributed by atoms with Gasteiger partial charge in [-0.3, -0.25) is 14.2 Å². The summed E-state index contributed by atoms with van der Waals surface area (Å²) in [5.74, 6) is -6.75. The van der Waals surface area contributed by atoms with Crippen LogP contribution in [0.4, 0.5) is 26.3 Å². The number of aromatic nitrogens is 4. The SMILES string of the molecule is CC(C)=Cc1nc(C)c(Cn2cnc(C(F)(F)C(F)F)c(Oc3cc(C(F)F)cc(C#N)c3C)c2=O)c(=O)[nH]1. The Bertz CT molecular complexity index is 1600. The molecule has 0 unspecified atom stereocenters. The molecule has 0 saturated heterocycles. The van der Waals surface area contributed by atoms with Crippen molar-refractivity contribution in [1.29, 1.82) is 5.26 Å². The topological polar surface area (TPSA) is 114 Å². The third kappa shape index (κ3) is 6.02. The second kappa shape index (κ2) is 11.1. The van der Waals surface area contributed by atoms with E-state index in [1.54, 1.807) is 26.0 Å². The van der Waals surface area contributed by atoms with Gasteiger partial charge in [-0.15, -0.1) is 0 Å². The maximum Gasteiger partial charge on any atom is 0.352 e.